The van der Waals surface area contributed by atoms with Gasteiger partial charge in [-0.25, -0.2) is 9.78 Å². The van der Waals surface area contributed by atoms with Crippen LogP contribution in [0.5, 0.6) is 5.75 Å². The van der Waals surface area contributed by atoms with Crippen LogP contribution >= 0.6 is 0 Å². The Morgan fingerprint density at radius 1 is 1.00 bits per heavy atom. The van der Waals surface area contributed by atoms with Crippen molar-refractivity contribution in [3.8, 4) is 17.1 Å². The van der Waals surface area contributed by atoms with Crippen molar-refractivity contribution in [3.63, 3.8) is 0 Å². The molecule has 0 unspecified atom stereocenters. The van der Waals surface area contributed by atoms with Gasteiger partial charge in [-0.05, 0) is 75.1 Å². The molecule has 2 aromatic heterocycles. The molecule has 0 fully saturated rings. The van der Waals surface area contributed by atoms with Crippen molar-refractivity contribution in [2.75, 3.05) is 13.2 Å². The molecular formula is C34H36N4O4. The zero-order valence-corrected chi connectivity index (χ0v) is 24.9. The van der Waals surface area contributed by atoms with Crippen molar-refractivity contribution in [1.29, 1.82) is 0 Å². The molecule has 1 atom stereocenters. The average molecular weight is 565 g/mol. The van der Waals surface area contributed by atoms with Crippen molar-refractivity contribution >= 4 is 34.0 Å². The second-order valence-electron chi connectivity index (χ2n) is 10.5. The standard InChI is InChI=1S/C34H36N4O4/c1-7-41-31-17-22(5)28(18-27(31)21(3)4)32-36-29-15-11-9-14-26(29)33(39)38(32)35-19-24-20-37(23(6)34(40)42-8-2)30-16-12-10-13-25(24)30/h9-21,23H,7-8H2,1-6H3/t23-/m1/s1. The molecule has 8 heteroatoms. The minimum absolute atomic E-state index is 0.197. The molecule has 0 bridgehead atoms. The van der Waals surface area contributed by atoms with Gasteiger partial charge in [-0.15, -0.1) is 0 Å². The molecule has 0 N–H and O–H groups in total. The number of rotatable bonds is 9. The molecule has 0 saturated heterocycles. The number of hydrogen-bond acceptors (Lipinski definition) is 6. The highest BCUT2D eigenvalue weighted by Gasteiger charge is 2.21. The highest BCUT2D eigenvalue weighted by molar-refractivity contribution is 6.00. The van der Waals surface area contributed by atoms with E-state index in [0.717, 1.165) is 38.9 Å². The van der Waals surface area contributed by atoms with Gasteiger partial charge >= 0.3 is 5.97 Å². The molecule has 0 aliphatic heterocycles. The first-order chi connectivity index (χ1) is 20.2. The van der Waals surface area contributed by atoms with E-state index in [2.05, 4.69) is 19.9 Å². The first-order valence-corrected chi connectivity index (χ1v) is 14.3. The predicted molar refractivity (Wildman–Crippen MR) is 168 cm³/mol. The van der Waals surface area contributed by atoms with Crippen LogP contribution in [0.1, 0.15) is 63.3 Å². The zero-order chi connectivity index (χ0) is 30.0. The number of aromatic nitrogens is 3. The minimum Gasteiger partial charge on any atom is -0.494 e. The smallest absolute Gasteiger partial charge is 0.328 e. The fraction of sp³-hybridized carbons (Fsp3) is 0.294. The van der Waals surface area contributed by atoms with Crippen molar-refractivity contribution in [2.24, 2.45) is 5.10 Å². The quantitative estimate of drug-likeness (QED) is 0.144. The van der Waals surface area contributed by atoms with E-state index in [1.807, 2.05) is 80.1 Å². The van der Waals surface area contributed by atoms with Crippen molar-refractivity contribution < 1.29 is 14.3 Å². The summed E-state index contributed by atoms with van der Waals surface area (Å²) in [6.45, 7) is 12.6. The molecule has 0 spiro atoms. The number of hydrogen-bond donors (Lipinski definition) is 0. The first-order valence-electron chi connectivity index (χ1n) is 14.3. The molecule has 42 heavy (non-hydrogen) atoms. The van der Waals surface area contributed by atoms with Crippen molar-refractivity contribution in [3.05, 3.63) is 93.9 Å². The lowest BCUT2D eigenvalue weighted by atomic mass is 9.96. The van der Waals surface area contributed by atoms with Crippen LogP contribution in [0.4, 0.5) is 0 Å². The first kappa shape index (κ1) is 28.8. The maximum absolute atomic E-state index is 13.9. The molecule has 0 saturated carbocycles. The Bertz CT molecular complexity index is 1870. The monoisotopic (exact) mass is 564 g/mol. The molecule has 0 amide bonds. The Kier molecular flexibility index (Phi) is 8.24. The lowest BCUT2D eigenvalue weighted by Crippen LogP contribution is -2.21. The maximum Gasteiger partial charge on any atom is 0.328 e. The molecule has 8 nitrogen and oxygen atoms in total. The molecular weight excluding hydrogens is 528 g/mol. The van der Waals surface area contributed by atoms with Crippen molar-refractivity contribution in [2.45, 2.75) is 53.5 Å². The largest absolute Gasteiger partial charge is 0.494 e. The van der Waals surface area contributed by atoms with Gasteiger partial charge in [-0.2, -0.15) is 9.78 Å². The third-order valence-electron chi connectivity index (χ3n) is 7.40. The van der Waals surface area contributed by atoms with Gasteiger partial charge in [-0.1, -0.05) is 44.2 Å². The molecule has 5 rings (SSSR count). The number of para-hydroxylation sites is 2. The Morgan fingerprint density at radius 3 is 2.43 bits per heavy atom. The van der Waals surface area contributed by atoms with Crippen LogP contribution in [0.2, 0.25) is 0 Å². The van der Waals surface area contributed by atoms with Crippen LogP contribution < -0.4 is 10.3 Å². The third-order valence-corrected chi connectivity index (χ3v) is 7.40. The fourth-order valence-electron chi connectivity index (χ4n) is 5.23. The summed E-state index contributed by atoms with van der Waals surface area (Å²) in [6, 6.07) is 18.6. The van der Waals surface area contributed by atoms with Gasteiger partial charge in [0.25, 0.3) is 5.56 Å². The van der Waals surface area contributed by atoms with E-state index in [1.54, 1.807) is 19.2 Å². The van der Waals surface area contributed by atoms with Gasteiger partial charge in [0.1, 0.15) is 11.8 Å². The number of ether oxygens (including phenoxy) is 2. The summed E-state index contributed by atoms with van der Waals surface area (Å²) in [5, 5.41) is 6.12. The Balaban J connectivity index is 1.71. The summed E-state index contributed by atoms with van der Waals surface area (Å²) < 4.78 is 14.5. The van der Waals surface area contributed by atoms with Crippen LogP contribution in [0.25, 0.3) is 33.2 Å². The summed E-state index contributed by atoms with van der Waals surface area (Å²) in [7, 11) is 0. The topological polar surface area (TPSA) is 87.7 Å². The van der Waals surface area contributed by atoms with Gasteiger partial charge in [0.15, 0.2) is 5.82 Å². The number of fused-ring (bicyclic) bond motifs is 2. The van der Waals surface area contributed by atoms with Crippen LogP contribution in [0, 0.1) is 6.92 Å². The number of nitrogens with zero attached hydrogens (tertiary/aromatic N) is 4. The van der Waals surface area contributed by atoms with Crippen LogP contribution in [-0.2, 0) is 9.53 Å². The average Bonchev–Trinajstić information content (AvgIpc) is 3.35. The van der Waals surface area contributed by atoms with Gasteiger partial charge in [0.05, 0.1) is 30.3 Å². The van der Waals surface area contributed by atoms with Crippen LogP contribution in [-0.4, -0.2) is 39.6 Å². The summed E-state index contributed by atoms with van der Waals surface area (Å²) in [4.78, 5) is 31.4. The maximum atomic E-state index is 13.9. The van der Waals surface area contributed by atoms with Gasteiger partial charge < -0.3 is 14.0 Å². The molecule has 0 radical (unpaired) electrons. The highest BCUT2D eigenvalue weighted by atomic mass is 16.5. The van der Waals surface area contributed by atoms with Crippen molar-refractivity contribution in [1.82, 2.24) is 14.2 Å². The molecule has 5 aromatic rings. The van der Waals surface area contributed by atoms with E-state index in [9.17, 15) is 9.59 Å². The van der Waals surface area contributed by atoms with Crippen LogP contribution in [0.15, 0.2) is 76.8 Å². The van der Waals surface area contributed by atoms with Gasteiger partial charge in [-0.3, -0.25) is 4.79 Å². The van der Waals surface area contributed by atoms with Gasteiger partial charge in [0.2, 0.25) is 0 Å². The fourth-order valence-corrected chi connectivity index (χ4v) is 5.23. The van der Waals surface area contributed by atoms with E-state index in [1.165, 1.54) is 4.68 Å². The molecule has 0 aliphatic rings. The Labute approximate surface area is 245 Å². The summed E-state index contributed by atoms with van der Waals surface area (Å²) in [5.74, 6) is 1.16. The number of benzene rings is 3. The molecule has 2 heterocycles. The molecule has 0 aliphatic carbocycles. The second kappa shape index (κ2) is 12.0. The summed E-state index contributed by atoms with van der Waals surface area (Å²) in [6.07, 6.45) is 3.53. The summed E-state index contributed by atoms with van der Waals surface area (Å²) >= 11 is 0. The molecule has 3 aromatic carbocycles. The lowest BCUT2D eigenvalue weighted by molar-refractivity contribution is -0.146. The predicted octanol–water partition coefficient (Wildman–Crippen LogP) is 6.86. The van der Waals surface area contributed by atoms with E-state index >= 15 is 0 Å². The number of carbonyl (C=O) groups is 1. The normalized spacial score (nSPS) is 12.5. The highest BCUT2D eigenvalue weighted by Crippen LogP contribution is 2.34. The summed E-state index contributed by atoms with van der Waals surface area (Å²) in [5.41, 5.74) is 4.73. The lowest BCUT2D eigenvalue weighted by Gasteiger charge is -2.18. The van der Waals surface area contributed by atoms with E-state index in [-0.39, 0.29) is 17.4 Å². The van der Waals surface area contributed by atoms with E-state index in [4.69, 9.17) is 19.6 Å². The van der Waals surface area contributed by atoms with E-state index in [0.29, 0.717) is 29.9 Å². The molecule has 216 valence electrons. The Morgan fingerprint density at radius 2 is 1.71 bits per heavy atom. The van der Waals surface area contributed by atoms with E-state index < -0.39 is 6.04 Å². The van der Waals surface area contributed by atoms with Gasteiger partial charge in [0, 0.05) is 28.2 Å². The minimum atomic E-state index is -0.529. The second-order valence-corrected chi connectivity index (χ2v) is 10.5. The third kappa shape index (κ3) is 5.32. The van der Waals surface area contributed by atoms with Crippen LogP contribution in [0.3, 0.4) is 0 Å². The zero-order valence-electron chi connectivity index (χ0n) is 24.9. The Hall–Kier alpha value is -4.72. The number of carbonyl (C=O) groups excluding carboxylic acids is 1. The SMILES string of the molecule is CCOC(=O)[C@@H](C)n1cc(C=Nn2c(-c3cc(C(C)C)c(OCC)cc3C)nc3ccccc3c2=O)c2ccccc21. The number of esters is 1. The number of aryl methyl sites for hydroxylation is 1.